The number of carbonyl (C=O) groups excluding carboxylic acids is 1. The molecule has 3 nitrogen and oxygen atoms in total. The maximum atomic E-state index is 12.5. The average molecular weight is 323 g/mol. The average Bonchev–Trinajstić information content (AvgIpc) is 2.89. The first-order chi connectivity index (χ1) is 11.7. The lowest BCUT2D eigenvalue weighted by Crippen LogP contribution is -2.32. The van der Waals surface area contributed by atoms with Crippen molar-refractivity contribution in [2.24, 2.45) is 0 Å². The molecule has 1 heterocycles. The van der Waals surface area contributed by atoms with Gasteiger partial charge in [0.05, 0.1) is 12.5 Å². The number of aliphatic hydroxyl groups excluding tert-OH is 1. The molecule has 3 rings (SSSR count). The lowest BCUT2D eigenvalue weighted by Gasteiger charge is -2.22. The van der Waals surface area contributed by atoms with E-state index in [2.05, 4.69) is 24.3 Å². The van der Waals surface area contributed by atoms with Crippen LogP contribution in [0.2, 0.25) is 0 Å². The van der Waals surface area contributed by atoms with E-state index < -0.39 is 6.10 Å². The molecule has 1 fully saturated rings. The summed E-state index contributed by atoms with van der Waals surface area (Å²) in [6, 6.07) is 20.0. The number of hydrogen-bond acceptors (Lipinski definition) is 2. The van der Waals surface area contributed by atoms with E-state index in [4.69, 9.17) is 0 Å². The number of carbonyl (C=O) groups is 1. The van der Waals surface area contributed by atoms with E-state index in [0.29, 0.717) is 5.92 Å². The second kappa shape index (κ2) is 8.11. The van der Waals surface area contributed by atoms with Gasteiger partial charge in [0.25, 0.3) is 0 Å². The standard InChI is InChI=1S/C21H25NO2/c23-20(19-10-5-2-6-11-19)16-21(24)22-14-7-12-18(13-15-22)17-8-3-1-4-9-17/h1-6,8-11,18,20,23H,7,12-16H2. The Labute approximate surface area is 143 Å². The molecule has 2 aromatic carbocycles. The number of benzene rings is 2. The Morgan fingerprint density at radius 2 is 1.67 bits per heavy atom. The summed E-state index contributed by atoms with van der Waals surface area (Å²) in [6.45, 7) is 1.57. The molecule has 1 amide bonds. The van der Waals surface area contributed by atoms with E-state index in [1.165, 1.54) is 5.56 Å². The van der Waals surface area contributed by atoms with Crippen molar-refractivity contribution in [1.82, 2.24) is 4.90 Å². The molecular formula is C21H25NO2. The van der Waals surface area contributed by atoms with Gasteiger partial charge in [-0.3, -0.25) is 4.79 Å². The summed E-state index contributed by atoms with van der Waals surface area (Å²) in [5, 5.41) is 10.3. The van der Waals surface area contributed by atoms with Crippen LogP contribution in [0.15, 0.2) is 60.7 Å². The molecule has 0 bridgehead atoms. The summed E-state index contributed by atoms with van der Waals surface area (Å²) in [6.07, 6.45) is 2.59. The van der Waals surface area contributed by atoms with Gasteiger partial charge in [0.1, 0.15) is 0 Å². The van der Waals surface area contributed by atoms with E-state index in [9.17, 15) is 9.90 Å². The van der Waals surface area contributed by atoms with E-state index in [1.54, 1.807) is 0 Å². The molecule has 2 atom stereocenters. The lowest BCUT2D eigenvalue weighted by molar-refractivity contribution is -0.133. The Morgan fingerprint density at radius 3 is 2.38 bits per heavy atom. The highest BCUT2D eigenvalue weighted by atomic mass is 16.3. The predicted molar refractivity (Wildman–Crippen MR) is 95.6 cm³/mol. The van der Waals surface area contributed by atoms with Crippen LogP contribution in [0.4, 0.5) is 0 Å². The predicted octanol–water partition coefficient (Wildman–Crippen LogP) is 3.91. The van der Waals surface area contributed by atoms with Gasteiger partial charge >= 0.3 is 0 Å². The quantitative estimate of drug-likeness (QED) is 0.927. The van der Waals surface area contributed by atoms with Gasteiger partial charge in [0.15, 0.2) is 0 Å². The number of nitrogens with zero attached hydrogens (tertiary/aromatic N) is 1. The summed E-state index contributed by atoms with van der Waals surface area (Å²) in [5.41, 5.74) is 2.18. The normalized spacial score (nSPS) is 19.5. The van der Waals surface area contributed by atoms with Crippen LogP contribution in [0.3, 0.4) is 0 Å². The summed E-state index contributed by atoms with van der Waals surface area (Å²) in [5.74, 6) is 0.586. The molecule has 0 aliphatic carbocycles. The molecule has 1 aliphatic rings. The van der Waals surface area contributed by atoms with E-state index in [-0.39, 0.29) is 12.3 Å². The Hall–Kier alpha value is -2.13. The molecule has 1 aliphatic heterocycles. The van der Waals surface area contributed by atoms with Gasteiger partial charge < -0.3 is 10.0 Å². The first kappa shape index (κ1) is 16.7. The third kappa shape index (κ3) is 4.24. The minimum absolute atomic E-state index is 0.0556. The minimum Gasteiger partial charge on any atom is -0.388 e. The van der Waals surface area contributed by atoms with Crippen LogP contribution in [0.5, 0.6) is 0 Å². The highest BCUT2D eigenvalue weighted by Gasteiger charge is 2.23. The molecule has 0 radical (unpaired) electrons. The van der Waals surface area contributed by atoms with Crippen LogP contribution < -0.4 is 0 Å². The second-order valence-corrected chi connectivity index (χ2v) is 6.55. The van der Waals surface area contributed by atoms with Crippen molar-refractivity contribution in [2.75, 3.05) is 13.1 Å². The summed E-state index contributed by atoms with van der Waals surface area (Å²) in [7, 11) is 0. The van der Waals surface area contributed by atoms with E-state index >= 15 is 0 Å². The van der Waals surface area contributed by atoms with Gasteiger partial charge in [-0.15, -0.1) is 0 Å². The maximum absolute atomic E-state index is 12.5. The molecule has 1 N–H and O–H groups in total. The number of rotatable bonds is 4. The number of aliphatic hydroxyl groups is 1. The zero-order valence-electron chi connectivity index (χ0n) is 14.0. The fourth-order valence-corrected chi connectivity index (χ4v) is 3.49. The molecule has 3 heteroatoms. The maximum Gasteiger partial charge on any atom is 0.225 e. The summed E-state index contributed by atoms with van der Waals surface area (Å²) in [4.78, 5) is 14.5. The van der Waals surface area contributed by atoms with Crippen molar-refractivity contribution in [2.45, 2.75) is 37.7 Å². The molecule has 0 saturated carbocycles. The molecular weight excluding hydrogens is 298 g/mol. The van der Waals surface area contributed by atoms with Gasteiger partial charge in [-0.25, -0.2) is 0 Å². The minimum atomic E-state index is -0.716. The van der Waals surface area contributed by atoms with Crippen LogP contribution in [0.25, 0.3) is 0 Å². The molecule has 0 spiro atoms. The van der Waals surface area contributed by atoms with Gasteiger partial charge in [-0.1, -0.05) is 60.7 Å². The van der Waals surface area contributed by atoms with Gasteiger partial charge in [-0.2, -0.15) is 0 Å². The van der Waals surface area contributed by atoms with Crippen molar-refractivity contribution < 1.29 is 9.90 Å². The smallest absolute Gasteiger partial charge is 0.225 e. The van der Waals surface area contributed by atoms with Gasteiger partial charge in [0, 0.05) is 13.1 Å². The van der Waals surface area contributed by atoms with Gasteiger partial charge in [-0.05, 0) is 36.3 Å². The summed E-state index contributed by atoms with van der Waals surface area (Å²) < 4.78 is 0. The van der Waals surface area contributed by atoms with E-state index in [1.807, 2.05) is 41.3 Å². The molecule has 2 unspecified atom stereocenters. The van der Waals surface area contributed by atoms with Crippen LogP contribution in [-0.2, 0) is 4.79 Å². The summed E-state index contributed by atoms with van der Waals surface area (Å²) >= 11 is 0. The fraction of sp³-hybridized carbons (Fsp3) is 0.381. The third-order valence-corrected chi connectivity index (χ3v) is 4.90. The zero-order valence-corrected chi connectivity index (χ0v) is 14.0. The van der Waals surface area contributed by atoms with Crippen molar-refractivity contribution in [3.8, 4) is 0 Å². The Balaban J connectivity index is 1.56. The first-order valence-corrected chi connectivity index (χ1v) is 8.80. The first-order valence-electron chi connectivity index (χ1n) is 8.80. The number of amides is 1. The monoisotopic (exact) mass is 323 g/mol. The van der Waals surface area contributed by atoms with E-state index in [0.717, 1.165) is 37.9 Å². The number of likely N-dealkylation sites (tertiary alicyclic amines) is 1. The Bertz CT molecular complexity index is 641. The molecule has 2 aromatic rings. The second-order valence-electron chi connectivity index (χ2n) is 6.55. The van der Waals surface area contributed by atoms with Crippen molar-refractivity contribution in [3.63, 3.8) is 0 Å². The van der Waals surface area contributed by atoms with Crippen molar-refractivity contribution >= 4 is 5.91 Å². The van der Waals surface area contributed by atoms with Crippen LogP contribution in [-0.4, -0.2) is 29.0 Å². The zero-order chi connectivity index (χ0) is 16.8. The highest BCUT2D eigenvalue weighted by Crippen LogP contribution is 2.28. The van der Waals surface area contributed by atoms with Crippen molar-refractivity contribution in [1.29, 1.82) is 0 Å². The molecule has 0 aromatic heterocycles. The third-order valence-electron chi connectivity index (χ3n) is 4.90. The van der Waals surface area contributed by atoms with Crippen LogP contribution >= 0.6 is 0 Å². The van der Waals surface area contributed by atoms with Crippen LogP contribution in [0.1, 0.15) is 48.8 Å². The highest BCUT2D eigenvalue weighted by molar-refractivity contribution is 5.77. The number of hydrogen-bond donors (Lipinski definition) is 1. The van der Waals surface area contributed by atoms with Crippen LogP contribution in [0, 0.1) is 0 Å². The molecule has 1 saturated heterocycles. The van der Waals surface area contributed by atoms with Crippen molar-refractivity contribution in [3.05, 3.63) is 71.8 Å². The molecule has 24 heavy (non-hydrogen) atoms. The Morgan fingerprint density at radius 1 is 1.00 bits per heavy atom. The van der Waals surface area contributed by atoms with Gasteiger partial charge in [0.2, 0.25) is 5.91 Å². The SMILES string of the molecule is O=C(CC(O)c1ccccc1)N1CCCC(c2ccccc2)CC1. The Kier molecular flexibility index (Phi) is 5.65. The largest absolute Gasteiger partial charge is 0.388 e. The molecule has 126 valence electrons. The lowest BCUT2D eigenvalue weighted by atomic mass is 9.92. The topological polar surface area (TPSA) is 40.5 Å². The fourth-order valence-electron chi connectivity index (χ4n) is 3.49.